The number of aryl methyl sites for hydroxylation is 2. The summed E-state index contributed by atoms with van der Waals surface area (Å²) in [5.74, 6) is 1.72. The maximum atomic E-state index is 13.3. The number of rotatable bonds is 7. The number of hydrogen-bond acceptors (Lipinski definition) is 5. The summed E-state index contributed by atoms with van der Waals surface area (Å²) in [6.45, 7) is 12.7. The summed E-state index contributed by atoms with van der Waals surface area (Å²) in [6.07, 6.45) is 1.11. The number of hydrogen-bond donors (Lipinski definition) is 1. The largest absolute Gasteiger partial charge is 0.456 e. The van der Waals surface area contributed by atoms with Gasteiger partial charge < -0.3 is 19.7 Å². The predicted octanol–water partition coefficient (Wildman–Crippen LogP) is 8.49. The molecule has 0 saturated heterocycles. The highest BCUT2D eigenvalue weighted by atomic mass is 16.6. The molecular formula is C35H36N2O3. The molecule has 40 heavy (non-hydrogen) atoms. The molecule has 0 fully saturated rings. The van der Waals surface area contributed by atoms with E-state index in [1.54, 1.807) is 0 Å². The number of fused-ring (bicyclic) bond motifs is 6. The van der Waals surface area contributed by atoms with Crippen molar-refractivity contribution in [3.8, 4) is 11.5 Å². The van der Waals surface area contributed by atoms with Crippen molar-refractivity contribution in [3.63, 3.8) is 0 Å². The van der Waals surface area contributed by atoms with E-state index in [0.29, 0.717) is 17.2 Å². The van der Waals surface area contributed by atoms with Crippen LogP contribution < -0.4 is 15.0 Å². The maximum Gasteiger partial charge on any atom is 0.340 e. The van der Waals surface area contributed by atoms with E-state index in [4.69, 9.17) is 9.47 Å². The quantitative estimate of drug-likeness (QED) is 0.242. The molecule has 2 heterocycles. The number of ether oxygens (including phenoxy) is 2. The van der Waals surface area contributed by atoms with E-state index in [9.17, 15) is 4.79 Å². The van der Waals surface area contributed by atoms with Gasteiger partial charge in [0.15, 0.2) is 5.60 Å². The summed E-state index contributed by atoms with van der Waals surface area (Å²) in [5.41, 5.74) is 7.28. The second-order valence-electron chi connectivity index (χ2n) is 11.3. The van der Waals surface area contributed by atoms with E-state index >= 15 is 0 Å². The molecule has 0 saturated carbocycles. The number of nitrogens with one attached hydrogen (secondary N) is 1. The third-order valence-corrected chi connectivity index (χ3v) is 8.18. The highest BCUT2D eigenvalue weighted by molar-refractivity contribution is 5.97. The molecule has 1 unspecified atom stereocenters. The summed E-state index contributed by atoms with van der Waals surface area (Å²) in [6, 6.07) is 26.4. The van der Waals surface area contributed by atoms with Gasteiger partial charge in [-0.15, -0.1) is 0 Å². The molecular weight excluding hydrogens is 496 g/mol. The Morgan fingerprint density at radius 3 is 2.35 bits per heavy atom. The van der Waals surface area contributed by atoms with E-state index in [1.807, 2.05) is 36.4 Å². The van der Waals surface area contributed by atoms with Gasteiger partial charge in [-0.05, 0) is 80.6 Å². The average molecular weight is 533 g/mol. The van der Waals surface area contributed by atoms with Gasteiger partial charge in [0.25, 0.3) is 0 Å². The molecule has 0 bridgehead atoms. The minimum Gasteiger partial charge on any atom is -0.456 e. The number of nitrogens with zero attached hydrogens (tertiary/aromatic N) is 1. The van der Waals surface area contributed by atoms with Crippen LogP contribution in [0, 0.1) is 19.8 Å². The van der Waals surface area contributed by atoms with Crippen molar-refractivity contribution in [2.75, 3.05) is 23.3 Å². The molecule has 0 radical (unpaired) electrons. The van der Waals surface area contributed by atoms with Crippen molar-refractivity contribution < 1.29 is 14.3 Å². The summed E-state index contributed by atoms with van der Waals surface area (Å²) >= 11 is 0. The highest BCUT2D eigenvalue weighted by Crippen LogP contribution is 2.57. The summed E-state index contributed by atoms with van der Waals surface area (Å²) in [5, 5.41) is 3.61. The Balaban J connectivity index is 1.52. The first-order valence-electron chi connectivity index (χ1n) is 14.2. The fraction of sp³-hybridized carbons (Fsp3) is 0.286. The third-order valence-electron chi connectivity index (χ3n) is 8.18. The zero-order chi connectivity index (χ0) is 28.0. The van der Waals surface area contributed by atoms with Crippen LogP contribution in [0.3, 0.4) is 0 Å². The Labute approximate surface area is 236 Å². The smallest absolute Gasteiger partial charge is 0.340 e. The fourth-order valence-corrected chi connectivity index (χ4v) is 5.88. The minimum atomic E-state index is -1.10. The van der Waals surface area contributed by atoms with E-state index in [1.165, 1.54) is 0 Å². The van der Waals surface area contributed by atoms with Crippen LogP contribution >= 0.6 is 0 Å². The van der Waals surface area contributed by atoms with Crippen LogP contribution in [0.5, 0.6) is 11.5 Å². The summed E-state index contributed by atoms with van der Waals surface area (Å²) in [7, 11) is 0. The standard InChI is InChI=1S/C35H36N2O3/c1-6-37(18-17-22(2)3)25-15-16-28-33(20-25)39-32-19-24(5)31(36-30-14-10-7-11-23(30)4)21-29(32)35(28)27-13-9-8-12-26(27)34(38)40-35/h7-16,19-22,36H,6,17-18H2,1-5H3. The Morgan fingerprint density at radius 2 is 1.57 bits per heavy atom. The first kappa shape index (κ1) is 26.0. The average Bonchev–Trinajstić information content (AvgIpc) is 3.23. The van der Waals surface area contributed by atoms with Crippen molar-refractivity contribution in [2.45, 2.75) is 46.6 Å². The number of anilines is 3. The normalized spacial score (nSPS) is 16.7. The summed E-state index contributed by atoms with van der Waals surface area (Å²) < 4.78 is 13.1. The van der Waals surface area contributed by atoms with Crippen LogP contribution in [0.4, 0.5) is 17.1 Å². The van der Waals surface area contributed by atoms with Crippen molar-refractivity contribution >= 4 is 23.0 Å². The van der Waals surface area contributed by atoms with Gasteiger partial charge in [-0.3, -0.25) is 0 Å². The van der Waals surface area contributed by atoms with Crippen molar-refractivity contribution in [3.05, 3.63) is 112 Å². The van der Waals surface area contributed by atoms with Crippen LogP contribution in [0.1, 0.15) is 65.4 Å². The van der Waals surface area contributed by atoms with Crippen LogP contribution in [-0.4, -0.2) is 19.1 Å². The van der Waals surface area contributed by atoms with Gasteiger partial charge in [-0.25, -0.2) is 4.79 Å². The SMILES string of the molecule is CCN(CCC(C)C)c1ccc2c(c1)Oc1cc(C)c(Nc3ccccc3C)cc1C21OC(=O)c2ccccc21. The van der Waals surface area contributed by atoms with Crippen LogP contribution in [0.25, 0.3) is 0 Å². The van der Waals surface area contributed by atoms with Crippen molar-refractivity contribution in [1.29, 1.82) is 0 Å². The molecule has 0 aromatic heterocycles. The van der Waals surface area contributed by atoms with E-state index in [2.05, 4.69) is 87.3 Å². The number of benzene rings is 4. The molecule has 0 aliphatic carbocycles. The number of carbonyl (C=O) groups is 1. The lowest BCUT2D eigenvalue weighted by Crippen LogP contribution is -2.33. The van der Waals surface area contributed by atoms with Gasteiger partial charge in [0, 0.05) is 52.9 Å². The molecule has 2 aliphatic heterocycles. The second kappa shape index (κ2) is 10.1. The zero-order valence-electron chi connectivity index (χ0n) is 23.9. The first-order valence-corrected chi connectivity index (χ1v) is 14.2. The fourth-order valence-electron chi connectivity index (χ4n) is 5.88. The third kappa shape index (κ3) is 4.21. The topological polar surface area (TPSA) is 50.8 Å². The Hall–Kier alpha value is -4.25. The Bertz CT molecular complexity index is 1610. The van der Waals surface area contributed by atoms with Gasteiger partial charge in [0.05, 0.1) is 5.56 Å². The van der Waals surface area contributed by atoms with Gasteiger partial charge in [0.2, 0.25) is 0 Å². The highest BCUT2D eigenvalue weighted by Gasteiger charge is 2.53. The lowest BCUT2D eigenvalue weighted by Gasteiger charge is -2.38. The van der Waals surface area contributed by atoms with Crippen molar-refractivity contribution in [1.82, 2.24) is 0 Å². The molecule has 1 spiro atoms. The molecule has 1 N–H and O–H groups in total. The molecule has 2 aliphatic rings. The molecule has 0 amide bonds. The Morgan fingerprint density at radius 1 is 0.825 bits per heavy atom. The molecule has 204 valence electrons. The summed E-state index contributed by atoms with van der Waals surface area (Å²) in [4.78, 5) is 15.7. The van der Waals surface area contributed by atoms with E-state index in [-0.39, 0.29) is 5.97 Å². The van der Waals surface area contributed by atoms with E-state index < -0.39 is 5.60 Å². The van der Waals surface area contributed by atoms with E-state index in [0.717, 1.165) is 70.1 Å². The van der Waals surface area contributed by atoms with Crippen molar-refractivity contribution in [2.24, 2.45) is 5.92 Å². The molecule has 4 aromatic carbocycles. The number of esters is 1. The minimum absolute atomic E-state index is 0.320. The first-order chi connectivity index (χ1) is 19.3. The van der Waals surface area contributed by atoms with Crippen LogP contribution in [0.15, 0.2) is 78.9 Å². The van der Waals surface area contributed by atoms with Gasteiger partial charge in [-0.2, -0.15) is 0 Å². The number of para-hydroxylation sites is 1. The second-order valence-corrected chi connectivity index (χ2v) is 11.3. The number of carbonyl (C=O) groups excluding carboxylic acids is 1. The maximum absolute atomic E-state index is 13.3. The van der Waals surface area contributed by atoms with Crippen LogP contribution in [0.2, 0.25) is 0 Å². The van der Waals surface area contributed by atoms with Gasteiger partial charge in [-0.1, -0.05) is 50.2 Å². The Kier molecular flexibility index (Phi) is 6.53. The lowest BCUT2D eigenvalue weighted by atomic mass is 9.77. The lowest BCUT2D eigenvalue weighted by molar-refractivity contribution is 0.0224. The van der Waals surface area contributed by atoms with Gasteiger partial charge >= 0.3 is 5.97 Å². The monoisotopic (exact) mass is 532 g/mol. The molecule has 4 aromatic rings. The zero-order valence-corrected chi connectivity index (χ0v) is 23.9. The van der Waals surface area contributed by atoms with Gasteiger partial charge in [0.1, 0.15) is 11.5 Å². The van der Waals surface area contributed by atoms with Crippen LogP contribution in [-0.2, 0) is 10.3 Å². The molecule has 1 atom stereocenters. The molecule has 5 nitrogen and oxygen atoms in total. The molecule has 6 rings (SSSR count). The molecule has 5 heteroatoms. The predicted molar refractivity (Wildman–Crippen MR) is 161 cm³/mol.